The highest BCUT2D eigenvalue weighted by atomic mass is 35.5. The van der Waals surface area contributed by atoms with Crippen molar-refractivity contribution in [2.75, 3.05) is 6.54 Å². The van der Waals surface area contributed by atoms with Gasteiger partial charge in [0.05, 0.1) is 17.8 Å². The van der Waals surface area contributed by atoms with Gasteiger partial charge in [-0.15, -0.1) is 0 Å². The molecular weight excluding hydrogens is 424 g/mol. The molecule has 0 saturated carbocycles. The van der Waals surface area contributed by atoms with Gasteiger partial charge in [0.1, 0.15) is 0 Å². The quantitative estimate of drug-likeness (QED) is 0.450. The average molecular weight is 453 g/mol. The van der Waals surface area contributed by atoms with Gasteiger partial charge in [-0.05, 0) is 80.9 Å². The topological polar surface area (TPSA) is 33.1 Å². The lowest BCUT2D eigenvalue weighted by Crippen LogP contribution is -2.30. The van der Waals surface area contributed by atoms with E-state index in [9.17, 15) is 0 Å². The van der Waals surface area contributed by atoms with Crippen molar-refractivity contribution < 1.29 is 0 Å². The van der Waals surface area contributed by atoms with Crippen LogP contribution in [0.2, 0.25) is 5.02 Å². The molecule has 2 atom stereocenters. The number of nitrogens with one attached hydrogen (secondary N) is 1. The number of thiocarbonyl (C=S) groups is 1. The van der Waals surface area contributed by atoms with Crippen LogP contribution in [0.3, 0.4) is 0 Å². The second-order valence-electron chi connectivity index (χ2n) is 8.22. The molecule has 0 radical (unpaired) electrons. The zero-order chi connectivity index (χ0) is 22.1. The molecule has 4 nitrogen and oxygen atoms in total. The summed E-state index contributed by atoms with van der Waals surface area (Å²) in [5.41, 5.74) is 6.89. The molecular formula is C25H29ClN4S. The van der Waals surface area contributed by atoms with Crippen molar-refractivity contribution in [2.24, 2.45) is 0 Å². The minimum atomic E-state index is 0.0139. The van der Waals surface area contributed by atoms with E-state index in [0.29, 0.717) is 0 Å². The summed E-state index contributed by atoms with van der Waals surface area (Å²) in [6, 6.07) is 14.6. The number of aromatic nitrogens is 2. The van der Waals surface area contributed by atoms with Crippen molar-refractivity contribution in [3.8, 4) is 5.69 Å². The van der Waals surface area contributed by atoms with E-state index < -0.39 is 0 Å². The molecule has 31 heavy (non-hydrogen) atoms. The Labute approximate surface area is 195 Å². The summed E-state index contributed by atoms with van der Waals surface area (Å²) in [7, 11) is 0. The molecule has 0 bridgehead atoms. The van der Waals surface area contributed by atoms with E-state index in [-0.39, 0.29) is 12.1 Å². The molecule has 1 saturated heterocycles. The monoisotopic (exact) mass is 452 g/mol. The van der Waals surface area contributed by atoms with Gasteiger partial charge in [0.25, 0.3) is 0 Å². The lowest BCUT2D eigenvalue weighted by molar-refractivity contribution is 0.312. The fraction of sp³-hybridized carbons (Fsp3) is 0.360. The van der Waals surface area contributed by atoms with Gasteiger partial charge in [-0.25, -0.2) is 0 Å². The van der Waals surface area contributed by atoms with Crippen LogP contribution in [0.15, 0.2) is 48.7 Å². The Morgan fingerprint density at radius 3 is 2.65 bits per heavy atom. The number of hydrogen-bond donors (Lipinski definition) is 1. The van der Waals surface area contributed by atoms with Crippen LogP contribution in [-0.2, 0) is 0 Å². The van der Waals surface area contributed by atoms with E-state index in [1.54, 1.807) is 0 Å². The van der Waals surface area contributed by atoms with Gasteiger partial charge in [-0.1, -0.05) is 37.1 Å². The van der Waals surface area contributed by atoms with Crippen LogP contribution >= 0.6 is 23.8 Å². The minimum absolute atomic E-state index is 0.0139. The second kappa shape index (κ2) is 9.01. The number of aryl methyl sites for hydroxylation is 1. The van der Waals surface area contributed by atoms with Crippen LogP contribution in [0, 0.1) is 20.8 Å². The molecule has 1 aromatic carbocycles. The predicted octanol–water partition coefficient (Wildman–Crippen LogP) is 6.22. The van der Waals surface area contributed by atoms with Gasteiger partial charge < -0.3 is 14.8 Å². The Morgan fingerprint density at radius 2 is 1.94 bits per heavy atom. The fourth-order valence-electron chi connectivity index (χ4n) is 4.61. The van der Waals surface area contributed by atoms with E-state index in [2.05, 4.69) is 65.7 Å². The molecule has 0 spiro atoms. The summed E-state index contributed by atoms with van der Waals surface area (Å²) in [4.78, 5) is 7.00. The van der Waals surface area contributed by atoms with E-state index in [4.69, 9.17) is 23.8 Å². The molecule has 2 aromatic heterocycles. The predicted molar refractivity (Wildman–Crippen MR) is 132 cm³/mol. The minimum Gasteiger partial charge on any atom is -0.352 e. The fourth-order valence-corrected chi connectivity index (χ4v) is 5.11. The van der Waals surface area contributed by atoms with Gasteiger partial charge >= 0.3 is 0 Å². The Hall–Kier alpha value is -2.37. The SMILES string of the molecule is CCCCN1C(=S)N[C@@H](c2ccccn2)[C@H]1c1cc(C)n(-c2cccc(Cl)c2C)c1C. The maximum Gasteiger partial charge on any atom is 0.170 e. The van der Waals surface area contributed by atoms with Crippen LogP contribution in [0.25, 0.3) is 5.69 Å². The first-order valence-electron chi connectivity index (χ1n) is 10.9. The molecule has 6 heteroatoms. The largest absolute Gasteiger partial charge is 0.352 e. The number of benzene rings is 1. The molecule has 1 fully saturated rings. The third kappa shape index (κ3) is 3.97. The van der Waals surface area contributed by atoms with Crippen LogP contribution < -0.4 is 5.32 Å². The molecule has 162 valence electrons. The van der Waals surface area contributed by atoms with Crippen molar-refractivity contribution in [1.29, 1.82) is 0 Å². The molecule has 3 heterocycles. The number of pyridine rings is 1. The summed E-state index contributed by atoms with van der Waals surface area (Å²) < 4.78 is 2.31. The lowest BCUT2D eigenvalue weighted by atomic mass is 9.96. The third-order valence-electron chi connectivity index (χ3n) is 6.22. The normalized spacial score (nSPS) is 18.5. The van der Waals surface area contributed by atoms with Crippen LogP contribution in [0.1, 0.15) is 60.1 Å². The Bertz CT molecular complexity index is 1090. The number of unbranched alkanes of at least 4 members (excludes halogenated alkanes) is 1. The van der Waals surface area contributed by atoms with Crippen LogP contribution in [0.5, 0.6) is 0 Å². The first-order chi connectivity index (χ1) is 14.9. The first kappa shape index (κ1) is 21.8. The van der Waals surface area contributed by atoms with E-state index in [1.165, 1.54) is 17.0 Å². The van der Waals surface area contributed by atoms with E-state index in [0.717, 1.165) is 46.5 Å². The Balaban J connectivity index is 1.84. The molecule has 0 aliphatic carbocycles. The second-order valence-corrected chi connectivity index (χ2v) is 9.01. The number of hydrogen-bond acceptors (Lipinski definition) is 2. The third-order valence-corrected chi connectivity index (χ3v) is 6.98. The highest BCUT2D eigenvalue weighted by Gasteiger charge is 2.41. The zero-order valence-electron chi connectivity index (χ0n) is 18.5. The maximum atomic E-state index is 6.45. The number of rotatable bonds is 6. The Morgan fingerprint density at radius 1 is 1.13 bits per heavy atom. The van der Waals surface area contributed by atoms with Gasteiger partial charge in [-0.3, -0.25) is 4.98 Å². The number of halogens is 1. The number of nitrogens with zero attached hydrogens (tertiary/aromatic N) is 3. The Kier molecular flexibility index (Phi) is 6.35. The maximum absolute atomic E-state index is 6.45. The van der Waals surface area contributed by atoms with Gasteiger partial charge in [0.2, 0.25) is 0 Å². The highest BCUT2D eigenvalue weighted by Crippen LogP contribution is 2.41. The summed E-state index contributed by atoms with van der Waals surface area (Å²) in [6.45, 7) is 9.57. The summed E-state index contributed by atoms with van der Waals surface area (Å²) in [5.74, 6) is 0. The molecule has 0 unspecified atom stereocenters. The molecule has 0 amide bonds. The summed E-state index contributed by atoms with van der Waals surface area (Å²) in [6.07, 6.45) is 4.07. The molecule has 1 aliphatic heterocycles. The van der Waals surface area contributed by atoms with Crippen LogP contribution in [-0.4, -0.2) is 26.1 Å². The van der Waals surface area contributed by atoms with Gasteiger partial charge in [0, 0.05) is 34.8 Å². The summed E-state index contributed by atoms with van der Waals surface area (Å²) >= 11 is 12.2. The smallest absolute Gasteiger partial charge is 0.170 e. The molecule has 1 N–H and O–H groups in total. The van der Waals surface area contributed by atoms with Crippen molar-refractivity contribution in [3.05, 3.63) is 81.9 Å². The van der Waals surface area contributed by atoms with Gasteiger partial charge in [-0.2, -0.15) is 0 Å². The molecule has 3 aromatic rings. The van der Waals surface area contributed by atoms with Crippen molar-refractivity contribution in [2.45, 2.75) is 52.6 Å². The van der Waals surface area contributed by atoms with E-state index in [1.807, 2.05) is 30.5 Å². The zero-order valence-corrected chi connectivity index (χ0v) is 20.1. The highest BCUT2D eigenvalue weighted by molar-refractivity contribution is 7.80. The molecule has 4 rings (SSSR count). The standard InChI is InChI=1S/C25H29ClN4S/c1-5-6-14-29-24(23(28-25(29)31)21-11-7-8-13-27-21)19-15-16(2)30(18(19)4)22-12-9-10-20(26)17(22)3/h7-13,15,23-24H,5-6,14H2,1-4H3,(H,28,31)/t23-,24+/m0/s1. The van der Waals surface area contributed by atoms with Crippen molar-refractivity contribution in [1.82, 2.24) is 19.8 Å². The van der Waals surface area contributed by atoms with Crippen molar-refractivity contribution in [3.63, 3.8) is 0 Å². The van der Waals surface area contributed by atoms with E-state index >= 15 is 0 Å². The van der Waals surface area contributed by atoms with Crippen LogP contribution in [0.4, 0.5) is 0 Å². The molecule has 1 aliphatic rings. The lowest BCUT2D eigenvalue weighted by Gasteiger charge is -2.28. The summed E-state index contributed by atoms with van der Waals surface area (Å²) in [5, 5.41) is 5.15. The average Bonchev–Trinajstić information content (AvgIpc) is 3.24. The van der Waals surface area contributed by atoms with Crippen molar-refractivity contribution >= 4 is 28.9 Å². The first-order valence-corrected chi connectivity index (χ1v) is 11.6. The van der Waals surface area contributed by atoms with Gasteiger partial charge in [0.15, 0.2) is 5.11 Å².